The Kier molecular flexibility index (Phi) is 5.66. The van der Waals surface area contributed by atoms with Gasteiger partial charge in [-0.2, -0.15) is 0 Å². The molecule has 106 valence electrons. The average molecular weight is 328 g/mol. The van der Waals surface area contributed by atoms with Gasteiger partial charge in [0.05, 0.1) is 0 Å². The highest BCUT2D eigenvalue weighted by atomic mass is 79.9. The first kappa shape index (κ1) is 15.8. The molecule has 0 aliphatic carbocycles. The van der Waals surface area contributed by atoms with Gasteiger partial charge in [0, 0.05) is 22.1 Å². The van der Waals surface area contributed by atoms with Crippen LogP contribution in [0.15, 0.2) is 27.8 Å². The summed E-state index contributed by atoms with van der Waals surface area (Å²) in [5, 5.41) is 15.2. The second-order valence-electron chi connectivity index (χ2n) is 5.34. The van der Waals surface area contributed by atoms with E-state index < -0.39 is 0 Å². The summed E-state index contributed by atoms with van der Waals surface area (Å²) in [7, 11) is 0. The zero-order valence-electron chi connectivity index (χ0n) is 11.7. The number of rotatable bonds is 6. The SMILES string of the molecule is Cc1cccc(NCCCC(C)(C)/C(N)=N/O)c1Br. The molecular weight excluding hydrogens is 306 g/mol. The maximum atomic E-state index is 8.71. The van der Waals surface area contributed by atoms with Gasteiger partial charge in [0.1, 0.15) is 5.84 Å². The van der Waals surface area contributed by atoms with Gasteiger partial charge >= 0.3 is 0 Å². The standard InChI is InChI=1S/C14H22BrN3O/c1-10-6-4-7-11(12(10)15)17-9-5-8-14(2,3)13(16)18-19/h4,6-7,17,19H,5,8-9H2,1-3H3,(H2,16,18). The molecule has 0 spiro atoms. The number of benzene rings is 1. The van der Waals surface area contributed by atoms with Crippen LogP contribution in [0.1, 0.15) is 32.3 Å². The predicted octanol–water partition coefficient (Wildman–Crippen LogP) is 3.72. The highest BCUT2D eigenvalue weighted by Crippen LogP contribution is 2.26. The second kappa shape index (κ2) is 6.80. The number of hydrogen-bond donors (Lipinski definition) is 3. The van der Waals surface area contributed by atoms with Gasteiger partial charge in [0.25, 0.3) is 0 Å². The highest BCUT2D eigenvalue weighted by molar-refractivity contribution is 9.10. The van der Waals surface area contributed by atoms with E-state index in [0.717, 1.165) is 29.5 Å². The number of oxime groups is 1. The molecule has 19 heavy (non-hydrogen) atoms. The fourth-order valence-corrected chi connectivity index (χ4v) is 2.21. The van der Waals surface area contributed by atoms with Crippen LogP contribution in [-0.2, 0) is 0 Å². The zero-order chi connectivity index (χ0) is 14.5. The van der Waals surface area contributed by atoms with Crippen molar-refractivity contribution in [3.63, 3.8) is 0 Å². The lowest BCUT2D eigenvalue weighted by Crippen LogP contribution is -2.32. The monoisotopic (exact) mass is 327 g/mol. The summed E-state index contributed by atoms with van der Waals surface area (Å²) < 4.78 is 1.10. The molecular formula is C14H22BrN3O. The number of nitrogens with zero attached hydrogens (tertiary/aromatic N) is 1. The van der Waals surface area contributed by atoms with Gasteiger partial charge in [0.15, 0.2) is 0 Å². The second-order valence-corrected chi connectivity index (χ2v) is 6.13. The molecule has 1 aromatic carbocycles. The van der Waals surface area contributed by atoms with Gasteiger partial charge in [-0.25, -0.2) is 0 Å². The minimum atomic E-state index is -0.278. The van der Waals surface area contributed by atoms with Gasteiger partial charge in [-0.05, 0) is 47.3 Å². The topological polar surface area (TPSA) is 70.6 Å². The first-order valence-corrected chi connectivity index (χ1v) is 7.15. The van der Waals surface area contributed by atoms with Crippen molar-refractivity contribution in [1.82, 2.24) is 0 Å². The summed E-state index contributed by atoms with van der Waals surface area (Å²) in [6, 6.07) is 6.14. The minimum absolute atomic E-state index is 0.278. The molecule has 4 nitrogen and oxygen atoms in total. The predicted molar refractivity (Wildman–Crippen MR) is 83.8 cm³/mol. The lowest BCUT2D eigenvalue weighted by molar-refractivity contribution is 0.305. The van der Waals surface area contributed by atoms with Crippen LogP contribution in [-0.4, -0.2) is 17.6 Å². The van der Waals surface area contributed by atoms with Gasteiger partial charge in [0.2, 0.25) is 0 Å². The van der Waals surface area contributed by atoms with Crippen molar-refractivity contribution in [2.45, 2.75) is 33.6 Å². The Balaban J connectivity index is 2.46. The van der Waals surface area contributed by atoms with Crippen LogP contribution in [0.5, 0.6) is 0 Å². The smallest absolute Gasteiger partial charge is 0.144 e. The molecule has 4 N–H and O–H groups in total. The first-order chi connectivity index (χ1) is 8.88. The van der Waals surface area contributed by atoms with Crippen molar-refractivity contribution in [1.29, 1.82) is 0 Å². The maximum Gasteiger partial charge on any atom is 0.144 e. The summed E-state index contributed by atoms with van der Waals surface area (Å²) in [5.41, 5.74) is 7.69. The third-order valence-corrected chi connectivity index (χ3v) is 4.34. The number of anilines is 1. The van der Waals surface area contributed by atoms with E-state index in [9.17, 15) is 0 Å². The lowest BCUT2D eigenvalue weighted by Gasteiger charge is -2.22. The molecule has 0 saturated heterocycles. The van der Waals surface area contributed by atoms with E-state index in [1.807, 2.05) is 26.0 Å². The van der Waals surface area contributed by atoms with Crippen molar-refractivity contribution >= 4 is 27.5 Å². The van der Waals surface area contributed by atoms with Gasteiger partial charge in [-0.15, -0.1) is 0 Å². The Bertz CT molecular complexity index is 458. The van der Waals surface area contributed by atoms with Gasteiger partial charge in [-0.3, -0.25) is 0 Å². The molecule has 1 aromatic rings. The van der Waals surface area contributed by atoms with Crippen LogP contribution in [0.25, 0.3) is 0 Å². The number of hydrogen-bond acceptors (Lipinski definition) is 3. The van der Waals surface area contributed by atoms with E-state index in [4.69, 9.17) is 10.9 Å². The number of halogens is 1. The van der Waals surface area contributed by atoms with Gasteiger partial charge in [-0.1, -0.05) is 31.1 Å². The molecule has 1 rings (SSSR count). The first-order valence-electron chi connectivity index (χ1n) is 6.35. The third-order valence-electron chi connectivity index (χ3n) is 3.29. The Morgan fingerprint density at radius 2 is 2.16 bits per heavy atom. The van der Waals surface area contributed by atoms with Crippen LogP contribution in [0.3, 0.4) is 0 Å². The van der Waals surface area contributed by atoms with Crippen molar-refractivity contribution in [2.75, 3.05) is 11.9 Å². The van der Waals surface area contributed by atoms with E-state index in [1.54, 1.807) is 0 Å². The van der Waals surface area contributed by atoms with Crippen molar-refractivity contribution in [2.24, 2.45) is 16.3 Å². The van der Waals surface area contributed by atoms with Crippen LogP contribution in [0, 0.1) is 12.3 Å². The molecule has 0 aliphatic rings. The largest absolute Gasteiger partial charge is 0.409 e. The highest BCUT2D eigenvalue weighted by Gasteiger charge is 2.22. The van der Waals surface area contributed by atoms with Crippen molar-refractivity contribution < 1.29 is 5.21 Å². The fourth-order valence-electron chi connectivity index (χ4n) is 1.80. The molecule has 0 amide bonds. The third kappa shape index (κ3) is 4.42. The van der Waals surface area contributed by atoms with Crippen LogP contribution in [0.4, 0.5) is 5.69 Å². The van der Waals surface area contributed by atoms with E-state index in [1.165, 1.54) is 5.56 Å². The molecule has 0 unspecified atom stereocenters. The summed E-state index contributed by atoms with van der Waals surface area (Å²) in [6.45, 7) is 6.87. The molecule has 0 aromatic heterocycles. The fraction of sp³-hybridized carbons (Fsp3) is 0.500. The summed E-state index contributed by atoms with van der Waals surface area (Å²) >= 11 is 3.57. The van der Waals surface area contributed by atoms with Crippen molar-refractivity contribution in [3.05, 3.63) is 28.2 Å². The van der Waals surface area contributed by atoms with Crippen molar-refractivity contribution in [3.8, 4) is 0 Å². The molecule has 0 saturated carbocycles. The number of amidine groups is 1. The Hall–Kier alpha value is -1.23. The maximum absolute atomic E-state index is 8.71. The summed E-state index contributed by atoms with van der Waals surface area (Å²) in [5.74, 6) is 0.282. The average Bonchev–Trinajstić information content (AvgIpc) is 2.38. The lowest BCUT2D eigenvalue weighted by atomic mass is 9.86. The Morgan fingerprint density at radius 1 is 1.47 bits per heavy atom. The molecule has 0 aliphatic heterocycles. The summed E-state index contributed by atoms with van der Waals surface area (Å²) in [6.07, 6.45) is 1.81. The Labute approximate surface area is 123 Å². The van der Waals surface area contributed by atoms with Crippen LogP contribution < -0.4 is 11.1 Å². The molecule has 5 heteroatoms. The van der Waals surface area contributed by atoms with E-state index in [0.29, 0.717) is 0 Å². The Morgan fingerprint density at radius 3 is 2.79 bits per heavy atom. The number of aryl methyl sites for hydroxylation is 1. The zero-order valence-corrected chi connectivity index (χ0v) is 13.3. The van der Waals surface area contributed by atoms with E-state index >= 15 is 0 Å². The van der Waals surface area contributed by atoms with Crippen LogP contribution >= 0.6 is 15.9 Å². The quantitative estimate of drug-likeness (QED) is 0.245. The molecule has 0 heterocycles. The summed E-state index contributed by atoms with van der Waals surface area (Å²) in [4.78, 5) is 0. The molecule has 0 atom stereocenters. The van der Waals surface area contributed by atoms with E-state index in [2.05, 4.69) is 39.4 Å². The number of nitrogens with one attached hydrogen (secondary N) is 1. The van der Waals surface area contributed by atoms with E-state index in [-0.39, 0.29) is 11.3 Å². The normalized spacial score (nSPS) is 12.5. The molecule has 0 bridgehead atoms. The number of nitrogens with two attached hydrogens (primary N) is 1. The van der Waals surface area contributed by atoms with Crippen LogP contribution in [0.2, 0.25) is 0 Å². The minimum Gasteiger partial charge on any atom is -0.409 e. The van der Waals surface area contributed by atoms with Gasteiger partial charge < -0.3 is 16.3 Å². The molecule has 0 radical (unpaired) electrons. The molecule has 0 fully saturated rings.